The lowest BCUT2D eigenvalue weighted by Gasteiger charge is -2.25. The molecule has 0 fully saturated rings. The van der Waals surface area contributed by atoms with Crippen LogP contribution < -0.4 is 10.6 Å². The van der Waals surface area contributed by atoms with Gasteiger partial charge in [0, 0.05) is 19.8 Å². The highest BCUT2D eigenvalue weighted by Gasteiger charge is 2.40. The molecule has 7 heteroatoms. The fourth-order valence-electron chi connectivity index (χ4n) is 3.05. The van der Waals surface area contributed by atoms with Crippen LogP contribution in [0.1, 0.15) is 24.9 Å². The molecule has 0 unspecified atom stereocenters. The highest BCUT2D eigenvalue weighted by molar-refractivity contribution is 6.01. The molecule has 0 radical (unpaired) electrons. The lowest BCUT2D eigenvalue weighted by molar-refractivity contribution is -0.126. The summed E-state index contributed by atoms with van der Waals surface area (Å²) < 4.78 is 18.8. The predicted molar refractivity (Wildman–Crippen MR) is 85.5 cm³/mol. The van der Waals surface area contributed by atoms with Crippen LogP contribution in [-0.2, 0) is 9.53 Å². The summed E-state index contributed by atoms with van der Waals surface area (Å²) >= 11 is 0. The van der Waals surface area contributed by atoms with Crippen LogP contribution in [0.15, 0.2) is 35.5 Å². The molecule has 2 N–H and O–H groups in total. The Morgan fingerprint density at radius 3 is 2.96 bits per heavy atom. The number of hydrogen-bond acceptors (Lipinski definition) is 3. The van der Waals surface area contributed by atoms with Gasteiger partial charge in [0.05, 0.1) is 23.9 Å². The first-order valence-corrected chi connectivity index (χ1v) is 8.03. The number of halogens is 1. The number of hydrogen-bond donors (Lipinski definition) is 2. The van der Waals surface area contributed by atoms with Gasteiger partial charge >= 0.3 is 6.03 Å². The van der Waals surface area contributed by atoms with Gasteiger partial charge in [-0.15, -0.1) is 0 Å². The van der Waals surface area contributed by atoms with Crippen molar-refractivity contribution in [2.45, 2.75) is 19.4 Å². The third kappa shape index (κ3) is 3.26. The van der Waals surface area contributed by atoms with Crippen molar-refractivity contribution in [2.24, 2.45) is 0 Å². The number of benzene rings is 1. The molecule has 1 aromatic carbocycles. The summed E-state index contributed by atoms with van der Waals surface area (Å²) in [6.07, 6.45) is 0.728. The molecule has 2 heterocycles. The molecule has 1 atom stereocenters. The minimum atomic E-state index is -0.631. The molecule has 24 heavy (non-hydrogen) atoms. The van der Waals surface area contributed by atoms with Crippen molar-refractivity contribution in [3.63, 3.8) is 0 Å². The van der Waals surface area contributed by atoms with Crippen molar-refractivity contribution < 1.29 is 18.7 Å². The summed E-state index contributed by atoms with van der Waals surface area (Å²) in [5, 5.41) is 5.41. The monoisotopic (exact) mass is 333 g/mol. The molecule has 6 nitrogen and oxygen atoms in total. The van der Waals surface area contributed by atoms with E-state index < -0.39 is 11.9 Å². The Kier molecular flexibility index (Phi) is 4.80. The Hall–Kier alpha value is -2.41. The Morgan fingerprint density at radius 2 is 2.21 bits per heavy atom. The Labute approximate surface area is 139 Å². The SMILES string of the molecule is CCOCCCN1CC2=C(C1=O)[C@@H](c1cccc(F)c1)NC(=O)N2. The van der Waals surface area contributed by atoms with E-state index in [1.807, 2.05) is 6.92 Å². The van der Waals surface area contributed by atoms with Gasteiger partial charge in [0.2, 0.25) is 0 Å². The van der Waals surface area contributed by atoms with E-state index in [2.05, 4.69) is 10.6 Å². The van der Waals surface area contributed by atoms with E-state index in [0.717, 1.165) is 6.42 Å². The number of nitrogens with one attached hydrogen (secondary N) is 2. The zero-order valence-electron chi connectivity index (χ0n) is 13.5. The molecular formula is C17H20FN3O3. The first-order valence-electron chi connectivity index (χ1n) is 8.03. The molecular weight excluding hydrogens is 313 g/mol. The molecule has 128 valence electrons. The van der Waals surface area contributed by atoms with E-state index in [1.54, 1.807) is 17.0 Å². The number of carbonyl (C=O) groups excluding carboxylic acids is 2. The van der Waals surface area contributed by atoms with Crippen molar-refractivity contribution >= 4 is 11.9 Å². The van der Waals surface area contributed by atoms with Gasteiger partial charge in [-0.1, -0.05) is 12.1 Å². The van der Waals surface area contributed by atoms with Crippen LogP contribution in [0.5, 0.6) is 0 Å². The number of urea groups is 1. The summed E-state index contributed by atoms with van der Waals surface area (Å²) in [6.45, 7) is 4.07. The zero-order chi connectivity index (χ0) is 17.1. The number of carbonyl (C=O) groups is 2. The van der Waals surface area contributed by atoms with Gasteiger partial charge in [0.15, 0.2) is 0 Å². The highest BCUT2D eigenvalue weighted by atomic mass is 19.1. The van der Waals surface area contributed by atoms with E-state index >= 15 is 0 Å². The minimum Gasteiger partial charge on any atom is -0.382 e. The van der Waals surface area contributed by atoms with Crippen molar-refractivity contribution in [1.29, 1.82) is 0 Å². The van der Waals surface area contributed by atoms with E-state index in [1.165, 1.54) is 12.1 Å². The summed E-state index contributed by atoms with van der Waals surface area (Å²) in [6, 6.07) is 4.93. The van der Waals surface area contributed by atoms with Crippen LogP contribution in [0.25, 0.3) is 0 Å². The second-order valence-corrected chi connectivity index (χ2v) is 5.76. The fourth-order valence-corrected chi connectivity index (χ4v) is 3.05. The maximum atomic E-state index is 13.5. The molecule has 0 bridgehead atoms. The molecule has 1 aromatic rings. The van der Waals surface area contributed by atoms with Gasteiger partial charge in [-0.2, -0.15) is 0 Å². The third-order valence-corrected chi connectivity index (χ3v) is 4.12. The Balaban J connectivity index is 1.79. The first-order chi connectivity index (χ1) is 11.6. The number of ether oxygens (including phenoxy) is 1. The standard InChI is InChI=1S/C17H20FN3O3/c1-2-24-8-4-7-21-10-13-14(16(21)22)15(20-17(23)19-13)11-5-3-6-12(18)9-11/h3,5-6,9,15H,2,4,7-8,10H2,1H3,(H2,19,20,23)/t15-/m1/s1. The zero-order valence-corrected chi connectivity index (χ0v) is 13.5. The topological polar surface area (TPSA) is 70.7 Å². The van der Waals surface area contributed by atoms with Crippen LogP contribution in [0.4, 0.5) is 9.18 Å². The van der Waals surface area contributed by atoms with Gasteiger partial charge in [0.25, 0.3) is 5.91 Å². The number of amides is 3. The summed E-state index contributed by atoms with van der Waals surface area (Å²) in [7, 11) is 0. The fraction of sp³-hybridized carbons (Fsp3) is 0.412. The normalized spacial score (nSPS) is 20.1. The van der Waals surface area contributed by atoms with Crippen LogP contribution in [-0.4, -0.2) is 43.1 Å². The van der Waals surface area contributed by atoms with E-state index in [-0.39, 0.29) is 11.9 Å². The molecule has 3 amide bonds. The summed E-state index contributed by atoms with van der Waals surface area (Å²) in [4.78, 5) is 26.3. The van der Waals surface area contributed by atoms with Crippen molar-refractivity contribution in [2.75, 3.05) is 26.3 Å². The predicted octanol–water partition coefficient (Wildman–Crippen LogP) is 1.70. The molecule has 0 aliphatic carbocycles. The average molecular weight is 333 g/mol. The molecule has 0 spiro atoms. The maximum absolute atomic E-state index is 13.5. The quantitative estimate of drug-likeness (QED) is 0.779. The van der Waals surface area contributed by atoms with Gasteiger partial charge in [-0.05, 0) is 31.0 Å². The van der Waals surface area contributed by atoms with Gasteiger partial charge in [0.1, 0.15) is 5.82 Å². The van der Waals surface area contributed by atoms with Gasteiger partial charge in [-0.3, -0.25) is 4.79 Å². The Morgan fingerprint density at radius 1 is 1.38 bits per heavy atom. The van der Waals surface area contributed by atoms with E-state index in [4.69, 9.17) is 4.74 Å². The average Bonchev–Trinajstić information content (AvgIpc) is 2.87. The van der Waals surface area contributed by atoms with E-state index in [0.29, 0.717) is 43.1 Å². The molecule has 0 saturated carbocycles. The summed E-state index contributed by atoms with van der Waals surface area (Å²) in [5.41, 5.74) is 1.63. The van der Waals surface area contributed by atoms with Crippen LogP contribution in [0, 0.1) is 5.82 Å². The molecule has 3 rings (SSSR count). The first kappa shape index (κ1) is 16.4. The number of rotatable bonds is 6. The Bertz CT molecular complexity index is 689. The second kappa shape index (κ2) is 7.00. The van der Waals surface area contributed by atoms with Crippen LogP contribution >= 0.6 is 0 Å². The van der Waals surface area contributed by atoms with Gasteiger partial charge in [-0.25, -0.2) is 9.18 Å². The van der Waals surface area contributed by atoms with E-state index in [9.17, 15) is 14.0 Å². The summed E-state index contributed by atoms with van der Waals surface area (Å²) in [5.74, 6) is -0.537. The number of nitrogens with zero attached hydrogens (tertiary/aromatic N) is 1. The van der Waals surface area contributed by atoms with Crippen molar-refractivity contribution in [1.82, 2.24) is 15.5 Å². The van der Waals surface area contributed by atoms with Gasteiger partial charge < -0.3 is 20.3 Å². The van der Waals surface area contributed by atoms with Crippen molar-refractivity contribution in [3.05, 3.63) is 46.9 Å². The molecule has 2 aliphatic rings. The lowest BCUT2D eigenvalue weighted by atomic mass is 9.96. The lowest BCUT2D eigenvalue weighted by Crippen LogP contribution is -2.44. The van der Waals surface area contributed by atoms with Crippen LogP contribution in [0.3, 0.4) is 0 Å². The minimum absolute atomic E-state index is 0.136. The highest BCUT2D eigenvalue weighted by Crippen LogP contribution is 2.32. The second-order valence-electron chi connectivity index (χ2n) is 5.76. The smallest absolute Gasteiger partial charge is 0.319 e. The third-order valence-electron chi connectivity index (χ3n) is 4.12. The molecule has 0 aromatic heterocycles. The van der Waals surface area contributed by atoms with Crippen LogP contribution in [0.2, 0.25) is 0 Å². The van der Waals surface area contributed by atoms with Crippen molar-refractivity contribution in [3.8, 4) is 0 Å². The molecule has 2 aliphatic heterocycles. The maximum Gasteiger partial charge on any atom is 0.319 e. The largest absolute Gasteiger partial charge is 0.382 e. The molecule has 0 saturated heterocycles.